The van der Waals surface area contributed by atoms with E-state index in [0.29, 0.717) is 17.4 Å². The summed E-state index contributed by atoms with van der Waals surface area (Å²) in [4.78, 5) is 4.77. The summed E-state index contributed by atoms with van der Waals surface area (Å²) in [7, 11) is 5.94. The fraction of sp³-hybridized carbons (Fsp3) is 0.562. The van der Waals surface area contributed by atoms with Gasteiger partial charge in [0.25, 0.3) is 0 Å². The molecular weight excluding hydrogens is 264 g/mol. The molecule has 116 valence electrons. The van der Waals surface area contributed by atoms with Gasteiger partial charge in [0.1, 0.15) is 11.6 Å². The second-order valence-corrected chi connectivity index (χ2v) is 5.92. The Bertz CT molecular complexity index is 503. The highest BCUT2D eigenvalue weighted by Gasteiger charge is 2.22. The summed E-state index contributed by atoms with van der Waals surface area (Å²) in [6.45, 7) is 3.13. The molecule has 0 spiro atoms. The Labute approximate surface area is 127 Å². The topological polar surface area (TPSA) is 65.6 Å². The number of nitrogen functional groups attached to an aromatic ring is 1. The molecule has 5 heteroatoms. The van der Waals surface area contributed by atoms with Crippen LogP contribution in [0.15, 0.2) is 18.2 Å². The number of benzene rings is 1. The van der Waals surface area contributed by atoms with E-state index in [1.54, 1.807) is 7.11 Å². The van der Waals surface area contributed by atoms with Crippen LogP contribution >= 0.6 is 0 Å². The van der Waals surface area contributed by atoms with Gasteiger partial charge in [-0.2, -0.15) is 0 Å². The quantitative estimate of drug-likeness (QED) is 0.615. The maximum Gasteiger partial charge on any atom is 0.129 e. The van der Waals surface area contributed by atoms with E-state index in [1.165, 1.54) is 19.4 Å². The van der Waals surface area contributed by atoms with Crippen molar-refractivity contribution in [1.82, 2.24) is 9.80 Å². The van der Waals surface area contributed by atoms with Crippen LogP contribution < -0.4 is 10.5 Å². The van der Waals surface area contributed by atoms with Gasteiger partial charge in [-0.05, 0) is 51.2 Å². The highest BCUT2D eigenvalue weighted by Crippen LogP contribution is 2.21. The van der Waals surface area contributed by atoms with Gasteiger partial charge in [-0.1, -0.05) is 6.07 Å². The molecule has 0 radical (unpaired) electrons. The number of nitrogens with zero attached hydrogens (tertiary/aromatic N) is 2. The van der Waals surface area contributed by atoms with Gasteiger partial charge in [0.2, 0.25) is 0 Å². The van der Waals surface area contributed by atoms with E-state index >= 15 is 0 Å². The zero-order valence-corrected chi connectivity index (χ0v) is 13.2. The van der Waals surface area contributed by atoms with Crippen LogP contribution in [-0.2, 0) is 6.54 Å². The van der Waals surface area contributed by atoms with Crippen molar-refractivity contribution in [2.24, 2.45) is 5.73 Å². The molecule has 3 N–H and O–H groups in total. The van der Waals surface area contributed by atoms with Crippen molar-refractivity contribution in [3.8, 4) is 5.75 Å². The average molecular weight is 290 g/mol. The molecule has 21 heavy (non-hydrogen) atoms. The molecule has 2 rings (SSSR count). The first-order valence-electron chi connectivity index (χ1n) is 7.41. The molecular formula is C16H26N4O. The lowest BCUT2D eigenvalue weighted by Crippen LogP contribution is -2.36. The van der Waals surface area contributed by atoms with Crippen LogP contribution in [0.3, 0.4) is 0 Å². The Kier molecular flexibility index (Phi) is 5.20. The molecule has 0 amide bonds. The lowest BCUT2D eigenvalue weighted by molar-refractivity contribution is 0.215. The normalized spacial score (nSPS) is 19.1. The van der Waals surface area contributed by atoms with Gasteiger partial charge in [-0.15, -0.1) is 0 Å². The van der Waals surface area contributed by atoms with Crippen LogP contribution in [0.5, 0.6) is 5.75 Å². The van der Waals surface area contributed by atoms with Crippen molar-refractivity contribution in [3.05, 3.63) is 29.3 Å². The van der Waals surface area contributed by atoms with Gasteiger partial charge in [0, 0.05) is 19.1 Å². The molecule has 1 unspecified atom stereocenters. The molecule has 1 aromatic rings. The van der Waals surface area contributed by atoms with Crippen molar-refractivity contribution in [1.29, 1.82) is 5.41 Å². The molecule has 0 aliphatic carbocycles. The van der Waals surface area contributed by atoms with E-state index in [9.17, 15) is 0 Å². The van der Waals surface area contributed by atoms with Gasteiger partial charge in [-0.3, -0.25) is 5.41 Å². The molecule has 1 saturated heterocycles. The minimum atomic E-state index is 0.0480. The maximum atomic E-state index is 7.64. The summed E-state index contributed by atoms with van der Waals surface area (Å²) >= 11 is 0. The van der Waals surface area contributed by atoms with Gasteiger partial charge in [0.15, 0.2) is 0 Å². The number of nitrogens with one attached hydrogen (secondary N) is 1. The summed E-state index contributed by atoms with van der Waals surface area (Å²) in [6, 6.07) is 6.54. The minimum Gasteiger partial charge on any atom is -0.496 e. The van der Waals surface area contributed by atoms with Crippen LogP contribution in [0.2, 0.25) is 0 Å². The number of nitrogens with two attached hydrogens (primary N) is 1. The van der Waals surface area contributed by atoms with Crippen LogP contribution in [0, 0.1) is 5.41 Å². The summed E-state index contributed by atoms with van der Waals surface area (Å²) in [5.41, 5.74) is 7.45. The van der Waals surface area contributed by atoms with Gasteiger partial charge >= 0.3 is 0 Å². The molecule has 1 atom stereocenters. The Hall–Kier alpha value is -1.59. The second kappa shape index (κ2) is 6.91. The minimum absolute atomic E-state index is 0.0480. The Morgan fingerprint density at radius 2 is 2.29 bits per heavy atom. The predicted molar refractivity (Wildman–Crippen MR) is 86.0 cm³/mol. The van der Waals surface area contributed by atoms with E-state index in [-0.39, 0.29) is 5.84 Å². The highest BCUT2D eigenvalue weighted by atomic mass is 16.5. The van der Waals surface area contributed by atoms with Crippen LogP contribution in [0.25, 0.3) is 0 Å². The number of methoxy groups -OCH3 is 1. The van der Waals surface area contributed by atoms with Gasteiger partial charge in [-0.25, -0.2) is 0 Å². The zero-order chi connectivity index (χ0) is 15.4. The molecule has 5 nitrogen and oxygen atoms in total. The van der Waals surface area contributed by atoms with E-state index in [1.807, 2.05) is 18.2 Å². The lowest BCUT2D eigenvalue weighted by Gasteiger charge is -2.26. The lowest BCUT2D eigenvalue weighted by atomic mass is 10.1. The van der Waals surface area contributed by atoms with Crippen LogP contribution in [0.4, 0.5) is 0 Å². The predicted octanol–water partition coefficient (Wildman–Crippen LogP) is 1.51. The largest absolute Gasteiger partial charge is 0.496 e. The van der Waals surface area contributed by atoms with Gasteiger partial charge < -0.3 is 20.3 Å². The summed E-state index contributed by atoms with van der Waals surface area (Å²) in [6.07, 6.45) is 2.58. The molecule has 0 aromatic heterocycles. The van der Waals surface area contributed by atoms with Crippen molar-refractivity contribution in [2.75, 3.05) is 34.3 Å². The maximum absolute atomic E-state index is 7.64. The van der Waals surface area contributed by atoms with E-state index in [0.717, 1.165) is 18.7 Å². The van der Waals surface area contributed by atoms with Crippen molar-refractivity contribution < 1.29 is 4.74 Å². The standard InChI is InChI=1S/C16H26N4O/c1-19(11-13-5-4-8-20(13)2)10-12-6-7-15(21-3)14(9-12)16(17)18/h6-7,9,13H,4-5,8,10-11H2,1-3H3,(H3,17,18). The zero-order valence-electron chi connectivity index (χ0n) is 13.2. The average Bonchev–Trinajstić information content (AvgIpc) is 2.84. The fourth-order valence-corrected chi connectivity index (χ4v) is 3.01. The van der Waals surface area contributed by atoms with Crippen LogP contribution in [-0.4, -0.2) is 56.0 Å². The monoisotopic (exact) mass is 290 g/mol. The molecule has 1 aromatic carbocycles. The molecule has 1 fully saturated rings. The third-order valence-corrected chi connectivity index (χ3v) is 4.20. The third-order valence-electron chi connectivity index (χ3n) is 4.20. The molecule has 1 heterocycles. The molecule has 0 bridgehead atoms. The summed E-state index contributed by atoms with van der Waals surface area (Å²) in [5.74, 6) is 0.705. The number of likely N-dealkylation sites (N-methyl/N-ethyl adjacent to an activating group) is 2. The van der Waals surface area contributed by atoms with E-state index in [2.05, 4.69) is 23.9 Å². The third kappa shape index (κ3) is 3.95. The fourth-order valence-electron chi connectivity index (χ4n) is 3.01. The summed E-state index contributed by atoms with van der Waals surface area (Å²) < 4.78 is 5.25. The number of rotatable bonds is 6. The number of amidine groups is 1. The van der Waals surface area contributed by atoms with Crippen molar-refractivity contribution in [2.45, 2.75) is 25.4 Å². The Morgan fingerprint density at radius 1 is 1.52 bits per heavy atom. The first-order valence-corrected chi connectivity index (χ1v) is 7.41. The highest BCUT2D eigenvalue weighted by molar-refractivity contribution is 5.97. The first-order chi connectivity index (χ1) is 10.0. The molecule has 1 aliphatic heterocycles. The number of ether oxygens (including phenoxy) is 1. The molecule has 0 saturated carbocycles. The SMILES string of the molecule is COc1ccc(CN(C)CC2CCCN2C)cc1C(=N)N. The number of likely N-dealkylation sites (tertiary alicyclic amines) is 1. The van der Waals surface area contributed by atoms with E-state index < -0.39 is 0 Å². The second-order valence-electron chi connectivity index (χ2n) is 5.92. The molecule has 1 aliphatic rings. The van der Waals surface area contributed by atoms with Crippen LogP contribution in [0.1, 0.15) is 24.0 Å². The van der Waals surface area contributed by atoms with Crippen molar-refractivity contribution in [3.63, 3.8) is 0 Å². The Morgan fingerprint density at radius 3 is 2.86 bits per heavy atom. The Balaban J connectivity index is 2.01. The van der Waals surface area contributed by atoms with E-state index in [4.69, 9.17) is 15.9 Å². The van der Waals surface area contributed by atoms with Crippen molar-refractivity contribution >= 4 is 5.84 Å². The van der Waals surface area contributed by atoms with Gasteiger partial charge in [0.05, 0.1) is 12.7 Å². The summed E-state index contributed by atoms with van der Waals surface area (Å²) in [5, 5.41) is 7.64. The number of hydrogen-bond acceptors (Lipinski definition) is 4. The number of hydrogen-bond donors (Lipinski definition) is 2. The smallest absolute Gasteiger partial charge is 0.129 e. The first kappa shape index (κ1) is 15.8.